The maximum absolute atomic E-state index is 11.9. The molecule has 0 bridgehead atoms. The van der Waals surface area contributed by atoms with Gasteiger partial charge in [0.15, 0.2) is 0 Å². The molecule has 2 rings (SSSR count). The summed E-state index contributed by atoms with van der Waals surface area (Å²) in [6.45, 7) is 1.77. The van der Waals surface area contributed by atoms with Crippen LogP contribution < -0.4 is 5.32 Å². The van der Waals surface area contributed by atoms with Gasteiger partial charge in [-0.1, -0.05) is 5.16 Å². The van der Waals surface area contributed by atoms with Crippen LogP contribution in [0.2, 0.25) is 0 Å². The molecule has 0 spiro atoms. The van der Waals surface area contributed by atoms with E-state index in [0.29, 0.717) is 5.69 Å². The summed E-state index contributed by atoms with van der Waals surface area (Å²) < 4.78 is 9.64. The summed E-state index contributed by atoms with van der Waals surface area (Å²) in [4.78, 5) is 23.2. The molecule has 1 N–H and O–H groups in total. The molecule has 0 aliphatic heterocycles. The molecule has 1 aliphatic carbocycles. The Bertz CT molecular complexity index is 461. The van der Waals surface area contributed by atoms with Crippen molar-refractivity contribution < 1.29 is 18.8 Å². The standard InChI is InChI=1S/C13H18N2O4/c1-8-7-11(19-15-8)12(16)14-10-5-3-9(4-6-10)13(17)18-2/h7,9-10H,3-6H2,1-2H3,(H,14,16). The summed E-state index contributed by atoms with van der Waals surface area (Å²) in [7, 11) is 1.41. The highest BCUT2D eigenvalue weighted by molar-refractivity contribution is 5.91. The SMILES string of the molecule is COC(=O)C1CCC(NC(=O)c2cc(C)no2)CC1. The van der Waals surface area contributed by atoms with Crippen molar-refractivity contribution >= 4 is 11.9 Å². The number of nitrogens with zero attached hydrogens (tertiary/aromatic N) is 1. The second kappa shape index (κ2) is 5.86. The van der Waals surface area contributed by atoms with Crippen molar-refractivity contribution in [2.45, 2.75) is 38.6 Å². The fourth-order valence-corrected chi connectivity index (χ4v) is 2.37. The molecule has 0 atom stereocenters. The van der Waals surface area contributed by atoms with Crippen molar-refractivity contribution in [1.82, 2.24) is 10.5 Å². The molecular weight excluding hydrogens is 248 g/mol. The average Bonchev–Trinajstić information content (AvgIpc) is 2.85. The van der Waals surface area contributed by atoms with Crippen LogP contribution in [-0.4, -0.2) is 30.2 Å². The lowest BCUT2D eigenvalue weighted by Gasteiger charge is -2.27. The summed E-state index contributed by atoms with van der Waals surface area (Å²) in [5, 5.41) is 6.58. The number of ether oxygens (including phenoxy) is 1. The van der Waals surface area contributed by atoms with Crippen LogP contribution >= 0.6 is 0 Å². The van der Waals surface area contributed by atoms with Crippen LogP contribution in [-0.2, 0) is 9.53 Å². The zero-order valence-corrected chi connectivity index (χ0v) is 11.1. The highest BCUT2D eigenvalue weighted by Crippen LogP contribution is 2.25. The van der Waals surface area contributed by atoms with Crippen molar-refractivity contribution in [3.8, 4) is 0 Å². The number of carbonyl (C=O) groups is 2. The first kappa shape index (κ1) is 13.6. The number of nitrogens with one attached hydrogen (secondary N) is 1. The maximum Gasteiger partial charge on any atom is 0.308 e. The first-order valence-electron chi connectivity index (χ1n) is 6.42. The Labute approximate surface area is 111 Å². The van der Waals surface area contributed by atoms with Crippen LogP contribution in [0.15, 0.2) is 10.6 Å². The highest BCUT2D eigenvalue weighted by atomic mass is 16.5. The van der Waals surface area contributed by atoms with E-state index in [2.05, 4.69) is 10.5 Å². The molecule has 6 heteroatoms. The molecule has 1 aromatic rings. The summed E-state index contributed by atoms with van der Waals surface area (Å²) >= 11 is 0. The van der Waals surface area contributed by atoms with Crippen LogP contribution in [0.1, 0.15) is 41.9 Å². The van der Waals surface area contributed by atoms with E-state index in [0.717, 1.165) is 25.7 Å². The van der Waals surface area contributed by atoms with Gasteiger partial charge in [-0.15, -0.1) is 0 Å². The summed E-state index contributed by atoms with van der Waals surface area (Å²) in [5.74, 6) is -0.212. The lowest BCUT2D eigenvalue weighted by Crippen LogP contribution is -2.38. The Balaban J connectivity index is 1.82. The van der Waals surface area contributed by atoms with Gasteiger partial charge in [0, 0.05) is 12.1 Å². The van der Waals surface area contributed by atoms with Crippen LogP contribution in [0.4, 0.5) is 0 Å². The normalized spacial score (nSPS) is 22.8. The zero-order chi connectivity index (χ0) is 13.8. The van der Waals surface area contributed by atoms with Gasteiger partial charge in [0.1, 0.15) is 0 Å². The number of hydrogen-bond acceptors (Lipinski definition) is 5. The third kappa shape index (κ3) is 3.33. The summed E-state index contributed by atoms with van der Waals surface area (Å²) in [6.07, 6.45) is 3.04. The Hall–Kier alpha value is -1.85. The minimum Gasteiger partial charge on any atom is -0.469 e. The second-order valence-electron chi connectivity index (χ2n) is 4.88. The number of hydrogen-bond donors (Lipinski definition) is 1. The van der Waals surface area contributed by atoms with Gasteiger partial charge in [-0.05, 0) is 32.6 Å². The Morgan fingerprint density at radius 1 is 1.37 bits per heavy atom. The van der Waals surface area contributed by atoms with Crippen molar-refractivity contribution in [2.75, 3.05) is 7.11 Å². The smallest absolute Gasteiger partial charge is 0.308 e. The molecule has 104 valence electrons. The largest absolute Gasteiger partial charge is 0.469 e. The summed E-state index contributed by atoms with van der Waals surface area (Å²) in [6, 6.07) is 1.69. The fourth-order valence-electron chi connectivity index (χ4n) is 2.37. The lowest BCUT2D eigenvalue weighted by molar-refractivity contribution is -0.146. The average molecular weight is 266 g/mol. The maximum atomic E-state index is 11.9. The molecule has 0 radical (unpaired) electrons. The van der Waals surface area contributed by atoms with E-state index in [4.69, 9.17) is 9.26 Å². The van der Waals surface area contributed by atoms with Crippen LogP contribution in [0.5, 0.6) is 0 Å². The quantitative estimate of drug-likeness (QED) is 0.837. The minimum atomic E-state index is -0.248. The number of aromatic nitrogens is 1. The van der Waals surface area contributed by atoms with Crippen LogP contribution in [0, 0.1) is 12.8 Å². The molecule has 1 aromatic heterocycles. The van der Waals surface area contributed by atoms with Crippen LogP contribution in [0.3, 0.4) is 0 Å². The third-order valence-corrected chi connectivity index (χ3v) is 3.45. The van der Waals surface area contributed by atoms with Gasteiger partial charge < -0.3 is 14.6 Å². The topological polar surface area (TPSA) is 81.4 Å². The molecule has 1 saturated carbocycles. The van der Waals surface area contributed by atoms with E-state index in [1.54, 1.807) is 13.0 Å². The predicted octanol–water partition coefficient (Wildman–Crippen LogP) is 1.44. The molecular formula is C13H18N2O4. The zero-order valence-electron chi connectivity index (χ0n) is 11.1. The Morgan fingerprint density at radius 2 is 2.05 bits per heavy atom. The molecule has 0 unspecified atom stereocenters. The van der Waals surface area contributed by atoms with E-state index in [-0.39, 0.29) is 29.6 Å². The molecule has 0 saturated heterocycles. The van der Waals surface area contributed by atoms with Crippen LogP contribution in [0.25, 0.3) is 0 Å². The molecule has 1 aliphatic rings. The minimum absolute atomic E-state index is 0.0364. The molecule has 1 heterocycles. The van der Waals surface area contributed by atoms with E-state index in [1.165, 1.54) is 7.11 Å². The Kier molecular flexibility index (Phi) is 4.19. The van der Waals surface area contributed by atoms with E-state index < -0.39 is 0 Å². The number of methoxy groups -OCH3 is 1. The van der Waals surface area contributed by atoms with E-state index >= 15 is 0 Å². The van der Waals surface area contributed by atoms with Crippen molar-refractivity contribution in [1.29, 1.82) is 0 Å². The van der Waals surface area contributed by atoms with E-state index in [9.17, 15) is 9.59 Å². The van der Waals surface area contributed by atoms with Gasteiger partial charge in [0.05, 0.1) is 18.7 Å². The second-order valence-corrected chi connectivity index (χ2v) is 4.88. The number of esters is 1. The number of rotatable bonds is 3. The highest BCUT2D eigenvalue weighted by Gasteiger charge is 2.28. The molecule has 1 fully saturated rings. The molecule has 19 heavy (non-hydrogen) atoms. The number of amides is 1. The Morgan fingerprint density at radius 3 is 2.58 bits per heavy atom. The van der Waals surface area contributed by atoms with Gasteiger partial charge >= 0.3 is 5.97 Å². The number of aryl methyl sites for hydroxylation is 1. The van der Waals surface area contributed by atoms with Crippen molar-refractivity contribution in [2.24, 2.45) is 5.92 Å². The van der Waals surface area contributed by atoms with Gasteiger partial charge in [0.2, 0.25) is 5.76 Å². The first-order chi connectivity index (χ1) is 9.10. The van der Waals surface area contributed by atoms with Gasteiger partial charge in [-0.3, -0.25) is 9.59 Å². The van der Waals surface area contributed by atoms with Gasteiger partial charge in [0.25, 0.3) is 5.91 Å². The lowest BCUT2D eigenvalue weighted by atomic mass is 9.86. The monoisotopic (exact) mass is 266 g/mol. The molecule has 0 aromatic carbocycles. The fraction of sp³-hybridized carbons (Fsp3) is 0.615. The first-order valence-corrected chi connectivity index (χ1v) is 6.42. The number of carbonyl (C=O) groups excluding carboxylic acids is 2. The van der Waals surface area contributed by atoms with Crippen molar-refractivity contribution in [3.05, 3.63) is 17.5 Å². The third-order valence-electron chi connectivity index (χ3n) is 3.45. The molecule has 1 amide bonds. The van der Waals surface area contributed by atoms with Gasteiger partial charge in [-0.25, -0.2) is 0 Å². The summed E-state index contributed by atoms with van der Waals surface area (Å²) in [5.41, 5.74) is 0.680. The van der Waals surface area contributed by atoms with E-state index in [1.807, 2.05) is 0 Å². The predicted molar refractivity (Wildman–Crippen MR) is 66.5 cm³/mol. The molecule has 6 nitrogen and oxygen atoms in total. The van der Waals surface area contributed by atoms with Crippen molar-refractivity contribution in [3.63, 3.8) is 0 Å². The van der Waals surface area contributed by atoms with Gasteiger partial charge in [-0.2, -0.15) is 0 Å².